The van der Waals surface area contributed by atoms with Gasteiger partial charge >= 0.3 is 0 Å². The molecule has 0 unspecified atom stereocenters. The lowest BCUT2D eigenvalue weighted by Gasteiger charge is -2.18. The van der Waals surface area contributed by atoms with Crippen LogP contribution in [0.25, 0.3) is 0 Å². The van der Waals surface area contributed by atoms with E-state index in [0.29, 0.717) is 23.5 Å². The van der Waals surface area contributed by atoms with Crippen LogP contribution in [0.4, 0.5) is 0 Å². The first-order valence-corrected chi connectivity index (χ1v) is 8.33. The molecule has 2 aromatic rings. The van der Waals surface area contributed by atoms with Gasteiger partial charge in [-0.3, -0.25) is 4.79 Å². The second-order valence-corrected chi connectivity index (χ2v) is 5.75. The molecule has 0 aliphatic heterocycles. The quantitative estimate of drug-likeness (QED) is 0.773. The van der Waals surface area contributed by atoms with Crippen LogP contribution in [0.3, 0.4) is 0 Å². The standard InChI is InChI=1S/C20H25NO4/c1-4-16(14-8-6-5-7-9-14)20(23)21-13-17(22)15-10-11-18(24-2)19(12-15)25-3/h5-12,16-17,22H,4,13H2,1-3H3,(H,21,23)/t16-,17+/m0/s1. The highest BCUT2D eigenvalue weighted by Gasteiger charge is 2.20. The van der Waals surface area contributed by atoms with Crippen molar-refractivity contribution in [2.24, 2.45) is 0 Å². The highest BCUT2D eigenvalue weighted by molar-refractivity contribution is 5.83. The summed E-state index contributed by atoms with van der Waals surface area (Å²) in [5.41, 5.74) is 1.63. The fourth-order valence-corrected chi connectivity index (χ4v) is 2.76. The van der Waals surface area contributed by atoms with Gasteiger partial charge < -0.3 is 19.9 Å². The third kappa shape index (κ3) is 4.73. The smallest absolute Gasteiger partial charge is 0.227 e. The molecule has 0 saturated heterocycles. The van der Waals surface area contributed by atoms with Crippen LogP contribution >= 0.6 is 0 Å². The van der Waals surface area contributed by atoms with Gasteiger partial charge in [-0.05, 0) is 29.7 Å². The minimum Gasteiger partial charge on any atom is -0.493 e. The number of carbonyl (C=O) groups is 1. The third-order valence-electron chi connectivity index (χ3n) is 4.19. The van der Waals surface area contributed by atoms with Crippen LogP contribution in [0, 0.1) is 0 Å². The van der Waals surface area contributed by atoms with Crippen LogP contribution < -0.4 is 14.8 Å². The van der Waals surface area contributed by atoms with Crippen molar-refractivity contribution in [1.82, 2.24) is 5.32 Å². The van der Waals surface area contributed by atoms with Crippen molar-refractivity contribution in [2.45, 2.75) is 25.4 Å². The van der Waals surface area contributed by atoms with Crippen molar-refractivity contribution in [1.29, 1.82) is 0 Å². The maximum Gasteiger partial charge on any atom is 0.227 e. The van der Waals surface area contributed by atoms with Gasteiger partial charge in [-0.15, -0.1) is 0 Å². The van der Waals surface area contributed by atoms with E-state index >= 15 is 0 Å². The first-order chi connectivity index (χ1) is 12.1. The SMILES string of the molecule is CC[C@H](C(=O)NC[C@@H](O)c1ccc(OC)c(OC)c1)c1ccccc1. The highest BCUT2D eigenvalue weighted by Crippen LogP contribution is 2.30. The fraction of sp³-hybridized carbons (Fsp3) is 0.350. The molecular weight excluding hydrogens is 318 g/mol. The third-order valence-corrected chi connectivity index (χ3v) is 4.19. The van der Waals surface area contributed by atoms with Crippen LogP contribution in [-0.2, 0) is 4.79 Å². The number of carbonyl (C=O) groups excluding carboxylic acids is 1. The molecule has 0 saturated carbocycles. The van der Waals surface area contributed by atoms with E-state index in [2.05, 4.69) is 5.32 Å². The Morgan fingerprint density at radius 2 is 1.72 bits per heavy atom. The van der Waals surface area contributed by atoms with Gasteiger partial charge in [0.25, 0.3) is 0 Å². The Morgan fingerprint density at radius 3 is 2.32 bits per heavy atom. The molecule has 5 heteroatoms. The average molecular weight is 343 g/mol. The summed E-state index contributed by atoms with van der Waals surface area (Å²) in [6.45, 7) is 2.11. The number of ether oxygens (including phenoxy) is 2. The van der Waals surface area contributed by atoms with Crippen LogP contribution in [0.5, 0.6) is 11.5 Å². The molecule has 2 aromatic carbocycles. The molecule has 0 heterocycles. The largest absolute Gasteiger partial charge is 0.493 e. The van der Waals surface area contributed by atoms with Crippen LogP contribution in [0.15, 0.2) is 48.5 Å². The maximum atomic E-state index is 12.5. The van der Waals surface area contributed by atoms with Gasteiger partial charge in [0.15, 0.2) is 11.5 Å². The van der Waals surface area contributed by atoms with E-state index in [1.165, 1.54) is 0 Å². The van der Waals surface area contributed by atoms with Gasteiger partial charge in [0.1, 0.15) is 0 Å². The van der Waals surface area contributed by atoms with E-state index in [4.69, 9.17) is 9.47 Å². The Morgan fingerprint density at radius 1 is 1.04 bits per heavy atom. The van der Waals surface area contributed by atoms with Crippen LogP contribution in [0.1, 0.15) is 36.5 Å². The molecule has 0 radical (unpaired) electrons. The van der Waals surface area contributed by atoms with Crippen molar-refractivity contribution < 1.29 is 19.4 Å². The summed E-state index contributed by atoms with van der Waals surface area (Å²) < 4.78 is 10.4. The topological polar surface area (TPSA) is 67.8 Å². The van der Waals surface area contributed by atoms with Crippen molar-refractivity contribution in [3.8, 4) is 11.5 Å². The van der Waals surface area contributed by atoms with Crippen LogP contribution in [-0.4, -0.2) is 31.8 Å². The van der Waals surface area contributed by atoms with Crippen molar-refractivity contribution >= 4 is 5.91 Å². The Kier molecular flexibility index (Phi) is 6.83. The summed E-state index contributed by atoms with van der Waals surface area (Å²) in [5, 5.41) is 13.2. The molecule has 1 amide bonds. The molecular formula is C20H25NO4. The van der Waals surface area contributed by atoms with Crippen molar-refractivity contribution in [3.05, 3.63) is 59.7 Å². The summed E-state index contributed by atoms with van der Waals surface area (Å²) in [4.78, 5) is 12.5. The number of rotatable bonds is 8. The molecule has 0 aliphatic carbocycles. The molecule has 0 aliphatic rings. The molecule has 2 atom stereocenters. The van der Waals surface area contributed by atoms with E-state index in [-0.39, 0.29) is 18.4 Å². The number of methoxy groups -OCH3 is 2. The Balaban J connectivity index is 2.01. The maximum absolute atomic E-state index is 12.5. The molecule has 0 bridgehead atoms. The summed E-state index contributed by atoms with van der Waals surface area (Å²) in [7, 11) is 3.10. The second-order valence-electron chi connectivity index (χ2n) is 5.75. The number of hydrogen-bond acceptors (Lipinski definition) is 4. The lowest BCUT2D eigenvalue weighted by atomic mass is 9.95. The molecule has 0 aromatic heterocycles. The molecule has 0 fully saturated rings. The normalized spacial score (nSPS) is 13.0. The number of aliphatic hydroxyl groups is 1. The Hall–Kier alpha value is -2.53. The van der Waals surface area contributed by atoms with Gasteiger partial charge in [-0.1, -0.05) is 43.3 Å². The van der Waals surface area contributed by atoms with Crippen molar-refractivity contribution in [2.75, 3.05) is 20.8 Å². The van der Waals surface area contributed by atoms with E-state index < -0.39 is 6.10 Å². The van der Waals surface area contributed by atoms with E-state index in [1.54, 1.807) is 32.4 Å². The minimum absolute atomic E-state index is 0.0896. The molecule has 25 heavy (non-hydrogen) atoms. The zero-order valence-electron chi connectivity index (χ0n) is 14.9. The summed E-state index contributed by atoms with van der Waals surface area (Å²) in [5.74, 6) is 0.825. The molecule has 0 spiro atoms. The van der Waals surface area contributed by atoms with Crippen molar-refractivity contribution in [3.63, 3.8) is 0 Å². The van der Waals surface area contributed by atoms with Gasteiger partial charge in [0.2, 0.25) is 5.91 Å². The lowest BCUT2D eigenvalue weighted by Crippen LogP contribution is -2.32. The average Bonchev–Trinajstić information content (AvgIpc) is 2.66. The van der Waals surface area contributed by atoms with E-state index in [9.17, 15) is 9.90 Å². The minimum atomic E-state index is -0.822. The second kappa shape index (κ2) is 9.08. The first-order valence-electron chi connectivity index (χ1n) is 8.33. The van der Waals surface area contributed by atoms with Gasteiger partial charge in [-0.25, -0.2) is 0 Å². The fourth-order valence-electron chi connectivity index (χ4n) is 2.76. The zero-order chi connectivity index (χ0) is 18.2. The number of nitrogens with one attached hydrogen (secondary N) is 1. The predicted molar refractivity (Wildman–Crippen MR) is 97.0 cm³/mol. The molecule has 5 nitrogen and oxygen atoms in total. The van der Waals surface area contributed by atoms with E-state index in [0.717, 1.165) is 5.56 Å². The number of aliphatic hydroxyl groups excluding tert-OH is 1. The van der Waals surface area contributed by atoms with Crippen LogP contribution in [0.2, 0.25) is 0 Å². The number of benzene rings is 2. The lowest BCUT2D eigenvalue weighted by molar-refractivity contribution is -0.123. The summed E-state index contributed by atoms with van der Waals surface area (Å²) in [6.07, 6.45) is -0.125. The Bertz CT molecular complexity index is 687. The monoisotopic (exact) mass is 343 g/mol. The number of amides is 1. The Labute approximate surface area is 148 Å². The summed E-state index contributed by atoms with van der Waals surface area (Å²) >= 11 is 0. The zero-order valence-corrected chi connectivity index (χ0v) is 14.9. The molecule has 2 N–H and O–H groups in total. The highest BCUT2D eigenvalue weighted by atomic mass is 16.5. The molecule has 2 rings (SSSR count). The first kappa shape index (κ1) is 18.8. The van der Waals surface area contributed by atoms with E-state index in [1.807, 2.05) is 37.3 Å². The molecule has 134 valence electrons. The van der Waals surface area contributed by atoms with Gasteiger partial charge in [0, 0.05) is 6.54 Å². The van der Waals surface area contributed by atoms with Gasteiger partial charge in [-0.2, -0.15) is 0 Å². The predicted octanol–water partition coefficient (Wildman–Crippen LogP) is 3.05. The summed E-state index contributed by atoms with van der Waals surface area (Å²) in [6, 6.07) is 14.9. The number of hydrogen-bond donors (Lipinski definition) is 2. The van der Waals surface area contributed by atoms with Gasteiger partial charge in [0.05, 0.1) is 26.2 Å².